The maximum Gasteiger partial charge on any atom is 0.357 e. The molecule has 1 fully saturated rings. The molecule has 4 aromatic rings. The van der Waals surface area contributed by atoms with Gasteiger partial charge in [0.25, 0.3) is 5.91 Å². The fourth-order valence-corrected chi connectivity index (χ4v) is 8.22. The summed E-state index contributed by atoms with van der Waals surface area (Å²) in [6.07, 6.45) is 0.359. The van der Waals surface area contributed by atoms with Crippen molar-refractivity contribution in [2.75, 3.05) is 11.6 Å². The van der Waals surface area contributed by atoms with Gasteiger partial charge in [-0.2, -0.15) is 0 Å². The van der Waals surface area contributed by atoms with Crippen molar-refractivity contribution in [2.45, 2.75) is 48.7 Å². The van der Waals surface area contributed by atoms with E-state index in [4.69, 9.17) is 27.9 Å². The molecule has 2 aliphatic heterocycles. The highest BCUT2D eigenvalue weighted by molar-refractivity contribution is 8.00. The van der Waals surface area contributed by atoms with E-state index in [-0.39, 0.29) is 52.6 Å². The zero-order chi connectivity index (χ0) is 35.7. The fourth-order valence-electron chi connectivity index (χ4n) is 6.59. The van der Waals surface area contributed by atoms with Crippen molar-refractivity contribution in [3.05, 3.63) is 154 Å². The number of ether oxygens (including phenoxy) is 1. The second kappa shape index (κ2) is 17.1. The van der Waals surface area contributed by atoms with Crippen LogP contribution in [0.5, 0.6) is 0 Å². The van der Waals surface area contributed by atoms with Crippen LogP contribution >= 0.6 is 35.0 Å². The van der Waals surface area contributed by atoms with Gasteiger partial charge in [-0.1, -0.05) is 133 Å². The van der Waals surface area contributed by atoms with Gasteiger partial charge in [-0.15, -0.1) is 23.4 Å². The number of rotatable bonds is 14. The van der Waals surface area contributed by atoms with Crippen LogP contribution in [0.25, 0.3) is 0 Å². The first-order valence-corrected chi connectivity index (χ1v) is 18.7. The average Bonchev–Trinajstić information content (AvgIpc) is 3.17. The number of carbonyl (C=O) groups is 4. The van der Waals surface area contributed by atoms with Gasteiger partial charge in [-0.05, 0) is 35.1 Å². The number of carbonyl (C=O) groups excluding carboxylic acids is 4. The lowest BCUT2D eigenvalue weighted by atomic mass is 9.82. The van der Waals surface area contributed by atoms with Crippen molar-refractivity contribution in [2.24, 2.45) is 0 Å². The summed E-state index contributed by atoms with van der Waals surface area (Å²) in [6.45, 7) is 0. The van der Waals surface area contributed by atoms with E-state index in [1.165, 1.54) is 16.7 Å². The van der Waals surface area contributed by atoms with Gasteiger partial charge in [0, 0.05) is 24.1 Å². The van der Waals surface area contributed by atoms with Crippen LogP contribution in [-0.4, -0.2) is 57.7 Å². The number of thioether (sulfide) groups is 1. The first-order valence-electron chi connectivity index (χ1n) is 16.7. The largest absolute Gasteiger partial charge is 0.448 e. The summed E-state index contributed by atoms with van der Waals surface area (Å²) in [5.41, 5.74) is 3.61. The SMILES string of the molecule is O=C(CCl)NC(CCCC(=O)NC1C(=O)N2C(C(=O)OC(c3ccccc3)c3ccccc3)=C(Cl)CS[C@H]12)C(c1ccccc1)c1ccccc1. The Morgan fingerprint density at radius 2 is 1.29 bits per heavy atom. The highest BCUT2D eigenvalue weighted by atomic mass is 35.5. The van der Waals surface area contributed by atoms with Crippen LogP contribution in [0.1, 0.15) is 53.5 Å². The number of β-lactam (4-membered cyclic amide) rings is 1. The van der Waals surface area contributed by atoms with Crippen LogP contribution in [0.2, 0.25) is 0 Å². The molecule has 2 aliphatic rings. The number of nitrogens with zero attached hydrogens (tertiary/aromatic N) is 1. The van der Waals surface area contributed by atoms with Crippen LogP contribution in [-0.2, 0) is 23.9 Å². The Bertz CT molecular complexity index is 1790. The summed E-state index contributed by atoms with van der Waals surface area (Å²) in [6, 6.07) is 37.4. The predicted molar refractivity (Wildman–Crippen MR) is 200 cm³/mol. The summed E-state index contributed by atoms with van der Waals surface area (Å²) in [7, 11) is 0. The number of benzene rings is 4. The maximum absolute atomic E-state index is 13.7. The number of esters is 1. The lowest BCUT2D eigenvalue weighted by molar-refractivity contribution is -0.154. The summed E-state index contributed by atoms with van der Waals surface area (Å²) >= 11 is 13.8. The smallest absolute Gasteiger partial charge is 0.357 e. The number of halogens is 2. The Kier molecular flexibility index (Phi) is 12.1. The molecule has 262 valence electrons. The van der Waals surface area contributed by atoms with E-state index in [2.05, 4.69) is 10.6 Å². The summed E-state index contributed by atoms with van der Waals surface area (Å²) in [4.78, 5) is 54.3. The van der Waals surface area contributed by atoms with E-state index in [9.17, 15) is 19.2 Å². The summed E-state index contributed by atoms with van der Waals surface area (Å²) in [5.74, 6) is -1.79. The minimum Gasteiger partial charge on any atom is -0.448 e. The Balaban J connectivity index is 1.10. The van der Waals surface area contributed by atoms with Gasteiger partial charge in [-0.3, -0.25) is 19.3 Å². The molecule has 1 saturated heterocycles. The van der Waals surface area contributed by atoms with E-state index < -0.39 is 29.4 Å². The van der Waals surface area contributed by atoms with Gasteiger partial charge in [-0.25, -0.2) is 4.79 Å². The Labute approximate surface area is 311 Å². The van der Waals surface area contributed by atoms with E-state index in [1.807, 2.05) is 121 Å². The monoisotopic (exact) mass is 741 g/mol. The molecule has 0 aliphatic carbocycles. The first kappa shape index (κ1) is 36.2. The third kappa shape index (κ3) is 8.50. The molecule has 2 unspecified atom stereocenters. The number of fused-ring (bicyclic) bond motifs is 1. The molecular weight excluding hydrogens is 705 g/mol. The molecule has 8 nitrogen and oxygen atoms in total. The Hall–Kier alpha value is -4.57. The molecule has 11 heteroatoms. The topological polar surface area (TPSA) is 105 Å². The maximum atomic E-state index is 13.7. The molecule has 0 saturated carbocycles. The zero-order valence-electron chi connectivity index (χ0n) is 27.6. The standard InChI is InChI=1S/C40H37Cl2N3O5S/c41-24-33(47)43-31(34(26-14-5-1-6-15-26)27-16-7-2-8-17-27)22-13-23-32(46)44-35-38(48)45-36(30(42)25-51-39(35)45)40(49)50-37(28-18-9-3-10-19-28)29-20-11-4-12-21-29/h1-12,14-21,31,34-35,37,39H,13,22-25H2,(H,43,47)(H,44,46)/t31?,35?,39-/m1/s1. The minimum absolute atomic E-state index is 0.00137. The van der Waals surface area contributed by atoms with Gasteiger partial charge in [0.1, 0.15) is 23.0 Å². The fraction of sp³-hybridized carbons (Fsp3) is 0.250. The van der Waals surface area contributed by atoms with Crippen molar-refractivity contribution in [3.8, 4) is 0 Å². The van der Waals surface area contributed by atoms with E-state index >= 15 is 0 Å². The van der Waals surface area contributed by atoms with Crippen molar-refractivity contribution in [3.63, 3.8) is 0 Å². The van der Waals surface area contributed by atoms with Crippen LogP contribution < -0.4 is 10.6 Å². The van der Waals surface area contributed by atoms with Crippen LogP contribution in [0.3, 0.4) is 0 Å². The van der Waals surface area contributed by atoms with Crippen LogP contribution in [0.4, 0.5) is 0 Å². The Morgan fingerprint density at radius 1 is 0.784 bits per heavy atom. The normalized spacial score (nSPS) is 17.4. The lowest BCUT2D eigenvalue weighted by Crippen LogP contribution is -2.70. The van der Waals surface area contributed by atoms with Gasteiger partial charge in [0.2, 0.25) is 11.8 Å². The molecule has 2 N–H and O–H groups in total. The minimum atomic E-state index is -0.817. The zero-order valence-corrected chi connectivity index (χ0v) is 30.0. The van der Waals surface area contributed by atoms with Crippen LogP contribution in [0, 0.1) is 0 Å². The lowest BCUT2D eigenvalue weighted by Gasteiger charge is -2.49. The second-order valence-electron chi connectivity index (χ2n) is 12.3. The molecule has 51 heavy (non-hydrogen) atoms. The van der Waals surface area contributed by atoms with Crippen molar-refractivity contribution in [1.29, 1.82) is 0 Å². The third-order valence-corrected chi connectivity index (χ3v) is 11.0. The molecular formula is C40H37Cl2N3O5S. The van der Waals surface area contributed by atoms with Gasteiger partial charge in [0.05, 0.1) is 5.03 Å². The quantitative estimate of drug-likeness (QED) is 0.0829. The van der Waals surface area contributed by atoms with Gasteiger partial charge < -0.3 is 15.4 Å². The number of alkyl halides is 1. The number of hydrogen-bond acceptors (Lipinski definition) is 6. The average molecular weight is 743 g/mol. The number of amides is 3. The van der Waals surface area contributed by atoms with Crippen LogP contribution in [0.15, 0.2) is 132 Å². The van der Waals surface area contributed by atoms with Gasteiger partial charge in [0.15, 0.2) is 6.10 Å². The van der Waals surface area contributed by atoms with Gasteiger partial charge >= 0.3 is 5.97 Å². The summed E-state index contributed by atoms with van der Waals surface area (Å²) < 4.78 is 6.03. The number of nitrogens with one attached hydrogen (secondary N) is 2. The number of hydrogen-bond donors (Lipinski definition) is 2. The predicted octanol–water partition coefficient (Wildman–Crippen LogP) is 6.90. The third-order valence-electron chi connectivity index (χ3n) is 8.97. The first-order chi connectivity index (χ1) is 24.9. The van der Waals surface area contributed by atoms with E-state index in [0.29, 0.717) is 12.8 Å². The highest BCUT2D eigenvalue weighted by Crippen LogP contribution is 2.42. The van der Waals surface area contributed by atoms with Crippen molar-refractivity contribution < 1.29 is 23.9 Å². The molecule has 6 rings (SSSR count). The van der Waals surface area contributed by atoms with E-state index in [1.54, 1.807) is 0 Å². The molecule has 0 radical (unpaired) electrons. The molecule has 2 heterocycles. The summed E-state index contributed by atoms with van der Waals surface area (Å²) in [5, 5.41) is 5.66. The molecule has 0 aromatic heterocycles. The molecule has 0 spiro atoms. The van der Waals surface area contributed by atoms with E-state index in [0.717, 1.165) is 22.3 Å². The van der Waals surface area contributed by atoms with Crippen molar-refractivity contribution in [1.82, 2.24) is 15.5 Å². The molecule has 3 amide bonds. The second-order valence-corrected chi connectivity index (χ2v) is 14.1. The van der Waals surface area contributed by atoms with Crippen molar-refractivity contribution >= 4 is 58.7 Å². The molecule has 3 atom stereocenters. The molecule has 0 bridgehead atoms. The molecule has 4 aromatic carbocycles. The Morgan fingerprint density at radius 3 is 1.80 bits per heavy atom. The highest BCUT2D eigenvalue weighted by Gasteiger charge is 2.54.